The average molecular weight is 552 g/mol. The van der Waals surface area contributed by atoms with E-state index in [1.807, 2.05) is 0 Å². The number of halogens is 3. The topological polar surface area (TPSA) is 150 Å². The number of likely N-dealkylation sites (N-methyl/N-ethyl adjacent to an activating group) is 1. The minimum absolute atomic E-state index is 0.0551. The zero-order valence-corrected chi connectivity index (χ0v) is 21.3. The molecule has 11 nitrogen and oxygen atoms in total. The Labute approximate surface area is 211 Å². The summed E-state index contributed by atoms with van der Waals surface area (Å²) in [4.78, 5) is 48.4. The van der Waals surface area contributed by atoms with Gasteiger partial charge in [0.25, 0.3) is 0 Å². The molecule has 2 aliphatic heterocycles. The van der Waals surface area contributed by atoms with E-state index < -0.39 is 63.4 Å². The monoisotopic (exact) mass is 551 g/mol. The Hall–Kier alpha value is -3.04. The number of rotatable bonds is 7. The summed E-state index contributed by atoms with van der Waals surface area (Å²) in [7, 11) is -1.20. The van der Waals surface area contributed by atoms with Gasteiger partial charge in [0.15, 0.2) is 0 Å². The lowest BCUT2D eigenvalue weighted by Gasteiger charge is -2.31. The van der Waals surface area contributed by atoms with E-state index in [0.717, 1.165) is 4.90 Å². The summed E-state index contributed by atoms with van der Waals surface area (Å²) in [6.45, 7) is 3.55. The molecular weight excluding hydrogens is 523 g/mol. The number of imide groups is 1. The second kappa shape index (κ2) is 11.1. The number of nitrogens with zero attached hydrogens (tertiary/aromatic N) is 2. The lowest BCUT2D eigenvalue weighted by molar-refractivity contribution is -0.192. The van der Waals surface area contributed by atoms with Gasteiger partial charge in [-0.05, 0) is 18.6 Å². The molecule has 0 radical (unpaired) electrons. The maximum Gasteiger partial charge on any atom is 0.490 e. The Morgan fingerprint density at radius 3 is 2.14 bits per heavy atom. The molecule has 206 valence electrons. The minimum atomic E-state index is -5.08. The number of amides is 2. The maximum atomic E-state index is 13.1. The number of carboxylic acids is 1. The summed E-state index contributed by atoms with van der Waals surface area (Å²) < 4.78 is 64.2. The Kier molecular flexibility index (Phi) is 9.09. The molecule has 2 amide bonds. The predicted octanol–water partition coefficient (Wildman–Crippen LogP) is 0.855. The second-order valence-electron chi connectivity index (χ2n) is 8.38. The molecule has 4 atom stereocenters. The molecule has 1 aromatic rings. The molecule has 2 N–H and O–H groups in total. The molecule has 2 aliphatic rings. The van der Waals surface area contributed by atoms with Gasteiger partial charge in [-0.1, -0.05) is 32.0 Å². The predicted molar refractivity (Wildman–Crippen MR) is 121 cm³/mol. The summed E-state index contributed by atoms with van der Waals surface area (Å²) >= 11 is 0. The van der Waals surface area contributed by atoms with Gasteiger partial charge < -0.3 is 9.84 Å². The Balaban J connectivity index is 0.000000604. The third-order valence-corrected chi connectivity index (χ3v) is 8.42. The van der Waals surface area contributed by atoms with E-state index in [1.165, 1.54) is 30.6 Å². The van der Waals surface area contributed by atoms with E-state index in [2.05, 4.69) is 5.32 Å². The number of benzene rings is 1. The number of hydrogen-bond donors (Lipinski definition) is 2. The van der Waals surface area contributed by atoms with Gasteiger partial charge >= 0.3 is 18.1 Å². The SMILES string of the molecule is CCN(C[C@H]1N[C@@](CC)(C(=O)OC)[C@H]2C(=O)N(C)C(=O)[C@@H]12)S(=O)(=O)c1ccccc1.O=C(O)C(F)(F)F. The van der Waals surface area contributed by atoms with Crippen molar-refractivity contribution in [2.75, 3.05) is 27.2 Å². The summed E-state index contributed by atoms with van der Waals surface area (Å²) in [5.41, 5.74) is -1.38. The number of likely N-dealkylation sites (tertiary alicyclic amines) is 1. The third kappa shape index (κ3) is 5.62. The van der Waals surface area contributed by atoms with Crippen LogP contribution in [0.1, 0.15) is 20.3 Å². The molecule has 1 aromatic carbocycles. The Morgan fingerprint density at radius 2 is 1.70 bits per heavy atom. The highest BCUT2D eigenvalue weighted by atomic mass is 32.2. The minimum Gasteiger partial charge on any atom is -0.475 e. The van der Waals surface area contributed by atoms with Crippen molar-refractivity contribution in [1.29, 1.82) is 0 Å². The van der Waals surface area contributed by atoms with Crippen LogP contribution in [0.5, 0.6) is 0 Å². The van der Waals surface area contributed by atoms with Gasteiger partial charge in [0.2, 0.25) is 21.8 Å². The number of aliphatic carboxylic acids is 1. The molecular formula is C22H28F3N3O8S. The highest BCUT2D eigenvalue weighted by molar-refractivity contribution is 7.89. The molecule has 0 aliphatic carbocycles. The average Bonchev–Trinajstić information content (AvgIpc) is 3.31. The van der Waals surface area contributed by atoms with Crippen LogP contribution in [-0.4, -0.2) is 91.5 Å². The first-order valence-electron chi connectivity index (χ1n) is 11.1. The van der Waals surface area contributed by atoms with E-state index in [9.17, 15) is 36.0 Å². The zero-order chi connectivity index (χ0) is 28.3. The van der Waals surface area contributed by atoms with Gasteiger partial charge in [-0.3, -0.25) is 24.6 Å². The van der Waals surface area contributed by atoms with E-state index in [1.54, 1.807) is 32.0 Å². The normalized spacial score (nSPS) is 25.5. The molecule has 3 rings (SSSR count). The fourth-order valence-electron chi connectivity index (χ4n) is 4.62. The first-order chi connectivity index (χ1) is 17.1. The number of carbonyl (C=O) groups excluding carboxylic acids is 3. The van der Waals surface area contributed by atoms with Gasteiger partial charge in [0.1, 0.15) is 5.54 Å². The summed E-state index contributed by atoms with van der Waals surface area (Å²) in [5, 5.41) is 10.3. The molecule has 0 bridgehead atoms. The fourth-order valence-corrected chi connectivity index (χ4v) is 6.12. The van der Waals surface area contributed by atoms with Crippen LogP contribution in [0.4, 0.5) is 13.2 Å². The van der Waals surface area contributed by atoms with Crippen molar-refractivity contribution in [3.63, 3.8) is 0 Å². The van der Waals surface area contributed by atoms with Crippen molar-refractivity contribution in [2.24, 2.45) is 11.8 Å². The quantitative estimate of drug-likeness (QED) is 0.371. The van der Waals surface area contributed by atoms with E-state index in [0.29, 0.717) is 0 Å². The molecule has 0 spiro atoms. The number of sulfonamides is 1. The number of alkyl halides is 3. The van der Waals surface area contributed by atoms with Crippen LogP contribution in [0.15, 0.2) is 35.2 Å². The van der Waals surface area contributed by atoms with Gasteiger partial charge in [0.05, 0.1) is 23.8 Å². The molecule has 0 saturated carbocycles. The van der Waals surface area contributed by atoms with Crippen molar-refractivity contribution < 1.29 is 50.6 Å². The Morgan fingerprint density at radius 1 is 1.16 bits per heavy atom. The number of methoxy groups -OCH3 is 1. The van der Waals surface area contributed by atoms with E-state index in [-0.39, 0.29) is 24.4 Å². The molecule has 0 aromatic heterocycles. The summed E-state index contributed by atoms with van der Waals surface area (Å²) in [5.74, 6) is -6.05. The van der Waals surface area contributed by atoms with Crippen LogP contribution in [0.2, 0.25) is 0 Å². The number of esters is 1. The fraction of sp³-hybridized carbons (Fsp3) is 0.545. The van der Waals surface area contributed by atoms with Crippen LogP contribution < -0.4 is 5.32 Å². The molecule has 15 heteroatoms. The summed E-state index contributed by atoms with van der Waals surface area (Å²) in [6.07, 6.45) is -4.86. The number of carboxylic acid groups (broad SMARTS) is 1. The lowest BCUT2D eigenvalue weighted by atomic mass is 9.78. The molecule has 2 saturated heterocycles. The number of carbonyl (C=O) groups is 4. The van der Waals surface area contributed by atoms with Crippen molar-refractivity contribution in [3.05, 3.63) is 30.3 Å². The smallest absolute Gasteiger partial charge is 0.475 e. The van der Waals surface area contributed by atoms with Crippen LogP contribution in [0, 0.1) is 11.8 Å². The third-order valence-electron chi connectivity index (χ3n) is 6.46. The van der Waals surface area contributed by atoms with E-state index >= 15 is 0 Å². The van der Waals surface area contributed by atoms with Gasteiger partial charge in [-0.15, -0.1) is 0 Å². The molecule has 2 fully saturated rings. The number of ether oxygens (including phenoxy) is 1. The maximum absolute atomic E-state index is 13.1. The zero-order valence-electron chi connectivity index (χ0n) is 20.5. The molecule has 2 heterocycles. The van der Waals surface area contributed by atoms with E-state index in [4.69, 9.17) is 14.6 Å². The number of fused-ring (bicyclic) bond motifs is 1. The summed E-state index contributed by atoms with van der Waals surface area (Å²) in [6, 6.07) is 7.30. The molecule has 0 unspecified atom stereocenters. The Bertz CT molecular complexity index is 1150. The standard InChI is InChI=1S/C20H27N3O6S.C2HF3O2/c1-5-20(19(26)29-4)16-15(17(24)22(3)18(16)25)14(21-20)12-23(6-2)30(27,28)13-10-8-7-9-11-13;3-2(4,5)1(6)7/h7-11,14-16,21H,5-6,12H2,1-4H3;(H,6,7)/t14-,15+,16-,20-;/m1./s1. The van der Waals surface area contributed by atoms with Crippen molar-refractivity contribution in [2.45, 2.75) is 42.9 Å². The van der Waals surface area contributed by atoms with Gasteiger partial charge in [0, 0.05) is 26.2 Å². The second-order valence-corrected chi connectivity index (χ2v) is 10.3. The number of nitrogens with one attached hydrogen (secondary N) is 1. The van der Waals surface area contributed by atoms with Crippen molar-refractivity contribution >= 4 is 33.8 Å². The van der Waals surface area contributed by atoms with Crippen LogP contribution >= 0.6 is 0 Å². The van der Waals surface area contributed by atoms with Crippen LogP contribution in [-0.2, 0) is 33.9 Å². The highest BCUT2D eigenvalue weighted by Gasteiger charge is 2.67. The molecule has 37 heavy (non-hydrogen) atoms. The largest absolute Gasteiger partial charge is 0.490 e. The van der Waals surface area contributed by atoms with Gasteiger partial charge in [-0.2, -0.15) is 17.5 Å². The van der Waals surface area contributed by atoms with Crippen molar-refractivity contribution in [1.82, 2.24) is 14.5 Å². The van der Waals surface area contributed by atoms with Crippen LogP contribution in [0.3, 0.4) is 0 Å². The van der Waals surface area contributed by atoms with Gasteiger partial charge in [-0.25, -0.2) is 13.2 Å². The highest BCUT2D eigenvalue weighted by Crippen LogP contribution is 2.45. The van der Waals surface area contributed by atoms with Crippen LogP contribution in [0.25, 0.3) is 0 Å². The lowest BCUT2D eigenvalue weighted by Crippen LogP contribution is -2.58. The first kappa shape index (κ1) is 30.2. The number of hydrogen-bond acceptors (Lipinski definition) is 8. The van der Waals surface area contributed by atoms with Crippen molar-refractivity contribution in [3.8, 4) is 0 Å². The first-order valence-corrected chi connectivity index (χ1v) is 12.6.